The Balaban J connectivity index is 2.10. The van der Waals surface area contributed by atoms with Crippen LogP contribution in [0.4, 0.5) is 0 Å². The topological polar surface area (TPSA) is 23.6 Å². The summed E-state index contributed by atoms with van der Waals surface area (Å²) < 4.78 is 1.00. The van der Waals surface area contributed by atoms with E-state index in [2.05, 4.69) is 34.9 Å². The Morgan fingerprint density at radius 1 is 1.39 bits per heavy atom. The summed E-state index contributed by atoms with van der Waals surface area (Å²) in [6.07, 6.45) is 2.22. The zero-order valence-electron chi connectivity index (χ0n) is 10.9. The molecule has 1 unspecified atom stereocenters. The standard InChI is InChI=1S/C14H19BrN2O/c1-16(2)10-13-4-3-9-17(13)14(18)11-5-7-12(15)8-6-11/h5-8,13H,3-4,9-10H2,1-2H3. The van der Waals surface area contributed by atoms with Crippen LogP contribution in [-0.2, 0) is 0 Å². The molecule has 0 bridgehead atoms. The fraction of sp³-hybridized carbons (Fsp3) is 0.500. The predicted molar refractivity (Wildman–Crippen MR) is 76.8 cm³/mol. The van der Waals surface area contributed by atoms with E-state index in [0.717, 1.165) is 36.0 Å². The summed E-state index contributed by atoms with van der Waals surface area (Å²) in [4.78, 5) is 16.6. The van der Waals surface area contributed by atoms with Crippen molar-refractivity contribution < 1.29 is 4.79 Å². The zero-order valence-corrected chi connectivity index (χ0v) is 12.5. The normalized spacial score (nSPS) is 19.6. The molecule has 1 aliphatic rings. The van der Waals surface area contributed by atoms with Gasteiger partial charge in [-0.25, -0.2) is 0 Å². The van der Waals surface area contributed by atoms with Gasteiger partial charge in [0.1, 0.15) is 0 Å². The third kappa shape index (κ3) is 3.12. The molecule has 18 heavy (non-hydrogen) atoms. The Hall–Kier alpha value is -0.870. The Kier molecular flexibility index (Phi) is 4.40. The summed E-state index contributed by atoms with van der Waals surface area (Å²) in [6, 6.07) is 7.97. The number of likely N-dealkylation sites (tertiary alicyclic amines) is 1. The van der Waals surface area contributed by atoms with Crippen molar-refractivity contribution in [1.29, 1.82) is 0 Å². The van der Waals surface area contributed by atoms with E-state index >= 15 is 0 Å². The number of halogens is 1. The first-order valence-corrected chi connectivity index (χ1v) is 7.08. The van der Waals surface area contributed by atoms with Gasteiger partial charge in [-0.2, -0.15) is 0 Å². The van der Waals surface area contributed by atoms with Crippen molar-refractivity contribution in [3.8, 4) is 0 Å². The summed E-state index contributed by atoms with van der Waals surface area (Å²) in [5, 5.41) is 0. The molecular weight excluding hydrogens is 292 g/mol. The molecule has 2 rings (SSSR count). The number of rotatable bonds is 3. The fourth-order valence-corrected chi connectivity index (χ4v) is 2.74. The molecule has 4 heteroatoms. The second kappa shape index (κ2) is 5.85. The Bertz CT molecular complexity index is 416. The van der Waals surface area contributed by atoms with Crippen LogP contribution >= 0.6 is 15.9 Å². The van der Waals surface area contributed by atoms with Crippen LogP contribution in [0, 0.1) is 0 Å². The first-order chi connectivity index (χ1) is 8.58. The Labute approximate surface area is 117 Å². The smallest absolute Gasteiger partial charge is 0.254 e. The van der Waals surface area contributed by atoms with Gasteiger partial charge in [0.15, 0.2) is 0 Å². The van der Waals surface area contributed by atoms with Gasteiger partial charge in [0.05, 0.1) is 0 Å². The van der Waals surface area contributed by atoms with E-state index in [-0.39, 0.29) is 5.91 Å². The minimum atomic E-state index is 0.159. The molecule has 0 spiro atoms. The van der Waals surface area contributed by atoms with Crippen molar-refractivity contribution in [2.24, 2.45) is 0 Å². The molecule has 1 atom stereocenters. The maximum absolute atomic E-state index is 12.4. The van der Waals surface area contributed by atoms with Crippen LogP contribution in [0.3, 0.4) is 0 Å². The van der Waals surface area contributed by atoms with Gasteiger partial charge in [0.2, 0.25) is 0 Å². The van der Waals surface area contributed by atoms with Crippen LogP contribution in [0.25, 0.3) is 0 Å². The minimum Gasteiger partial charge on any atom is -0.334 e. The third-order valence-corrected chi connectivity index (χ3v) is 3.83. The lowest BCUT2D eigenvalue weighted by Crippen LogP contribution is -2.41. The van der Waals surface area contributed by atoms with E-state index < -0.39 is 0 Å². The molecule has 0 radical (unpaired) electrons. The largest absolute Gasteiger partial charge is 0.334 e. The molecular formula is C14H19BrN2O. The lowest BCUT2D eigenvalue weighted by molar-refractivity contribution is 0.0716. The molecule has 0 aromatic heterocycles. The maximum Gasteiger partial charge on any atom is 0.254 e. The molecule has 1 aliphatic heterocycles. The van der Waals surface area contributed by atoms with Crippen molar-refractivity contribution in [3.05, 3.63) is 34.3 Å². The number of hydrogen-bond acceptors (Lipinski definition) is 2. The quantitative estimate of drug-likeness (QED) is 0.857. The zero-order chi connectivity index (χ0) is 13.1. The maximum atomic E-state index is 12.4. The predicted octanol–water partition coefficient (Wildman–Crippen LogP) is 2.62. The molecule has 1 aromatic rings. The molecule has 3 nitrogen and oxygen atoms in total. The third-order valence-electron chi connectivity index (χ3n) is 3.31. The second-order valence-electron chi connectivity index (χ2n) is 5.06. The van der Waals surface area contributed by atoms with Crippen molar-refractivity contribution in [1.82, 2.24) is 9.80 Å². The summed E-state index contributed by atoms with van der Waals surface area (Å²) >= 11 is 3.39. The molecule has 1 saturated heterocycles. The number of carbonyl (C=O) groups excluding carboxylic acids is 1. The van der Waals surface area contributed by atoms with Crippen LogP contribution in [0.15, 0.2) is 28.7 Å². The van der Waals surface area contributed by atoms with E-state index in [9.17, 15) is 4.79 Å². The number of amides is 1. The van der Waals surface area contributed by atoms with Gasteiger partial charge in [0, 0.05) is 29.2 Å². The molecule has 0 saturated carbocycles. The molecule has 1 heterocycles. The van der Waals surface area contributed by atoms with Gasteiger partial charge < -0.3 is 9.80 Å². The molecule has 1 fully saturated rings. The van der Waals surface area contributed by atoms with E-state index in [1.807, 2.05) is 29.2 Å². The van der Waals surface area contributed by atoms with Crippen molar-refractivity contribution in [2.45, 2.75) is 18.9 Å². The van der Waals surface area contributed by atoms with Crippen molar-refractivity contribution in [2.75, 3.05) is 27.2 Å². The van der Waals surface area contributed by atoms with Crippen LogP contribution < -0.4 is 0 Å². The van der Waals surface area contributed by atoms with E-state index in [1.54, 1.807) is 0 Å². The lowest BCUT2D eigenvalue weighted by Gasteiger charge is -2.27. The number of benzene rings is 1. The highest BCUT2D eigenvalue weighted by molar-refractivity contribution is 9.10. The molecule has 1 amide bonds. The number of likely N-dealkylation sites (N-methyl/N-ethyl adjacent to an activating group) is 1. The number of carbonyl (C=O) groups is 1. The van der Waals surface area contributed by atoms with Gasteiger partial charge >= 0.3 is 0 Å². The van der Waals surface area contributed by atoms with Gasteiger partial charge in [-0.3, -0.25) is 4.79 Å². The van der Waals surface area contributed by atoms with Crippen LogP contribution in [0.2, 0.25) is 0 Å². The van der Waals surface area contributed by atoms with Gasteiger partial charge in [0.25, 0.3) is 5.91 Å². The highest BCUT2D eigenvalue weighted by atomic mass is 79.9. The minimum absolute atomic E-state index is 0.159. The van der Waals surface area contributed by atoms with Gasteiger partial charge in [-0.15, -0.1) is 0 Å². The summed E-state index contributed by atoms with van der Waals surface area (Å²) in [6.45, 7) is 1.83. The van der Waals surface area contributed by atoms with E-state index in [0.29, 0.717) is 6.04 Å². The van der Waals surface area contributed by atoms with Gasteiger partial charge in [-0.1, -0.05) is 15.9 Å². The molecule has 1 aromatic carbocycles. The van der Waals surface area contributed by atoms with Crippen LogP contribution in [0.1, 0.15) is 23.2 Å². The summed E-state index contributed by atoms with van der Waals surface area (Å²) in [5.74, 6) is 0.159. The Morgan fingerprint density at radius 3 is 2.67 bits per heavy atom. The monoisotopic (exact) mass is 310 g/mol. The van der Waals surface area contributed by atoms with Crippen LogP contribution in [0.5, 0.6) is 0 Å². The van der Waals surface area contributed by atoms with E-state index in [1.165, 1.54) is 0 Å². The fourth-order valence-electron chi connectivity index (χ4n) is 2.47. The molecule has 98 valence electrons. The highest BCUT2D eigenvalue weighted by Crippen LogP contribution is 2.21. The second-order valence-corrected chi connectivity index (χ2v) is 5.98. The summed E-state index contributed by atoms with van der Waals surface area (Å²) in [5.41, 5.74) is 0.781. The first kappa shape index (κ1) is 13.6. The highest BCUT2D eigenvalue weighted by Gasteiger charge is 2.29. The molecule has 0 aliphatic carbocycles. The summed E-state index contributed by atoms with van der Waals surface area (Å²) in [7, 11) is 4.11. The Morgan fingerprint density at radius 2 is 2.06 bits per heavy atom. The van der Waals surface area contributed by atoms with E-state index in [4.69, 9.17) is 0 Å². The van der Waals surface area contributed by atoms with Gasteiger partial charge in [-0.05, 0) is 51.2 Å². The first-order valence-electron chi connectivity index (χ1n) is 6.29. The van der Waals surface area contributed by atoms with Crippen LogP contribution in [-0.4, -0.2) is 48.9 Å². The van der Waals surface area contributed by atoms with Crippen molar-refractivity contribution in [3.63, 3.8) is 0 Å². The van der Waals surface area contributed by atoms with Crippen molar-refractivity contribution >= 4 is 21.8 Å². The average molecular weight is 311 g/mol. The number of hydrogen-bond donors (Lipinski definition) is 0. The SMILES string of the molecule is CN(C)CC1CCCN1C(=O)c1ccc(Br)cc1. The molecule has 0 N–H and O–H groups in total. The lowest BCUT2D eigenvalue weighted by atomic mass is 10.1. The number of nitrogens with zero attached hydrogens (tertiary/aromatic N) is 2. The average Bonchev–Trinajstić information content (AvgIpc) is 2.76.